The van der Waals surface area contributed by atoms with Crippen LogP contribution in [0.2, 0.25) is 0 Å². The van der Waals surface area contributed by atoms with E-state index in [1.807, 2.05) is 12.3 Å². The minimum absolute atomic E-state index is 0.179. The van der Waals surface area contributed by atoms with Gasteiger partial charge in [0.2, 0.25) is 17.7 Å². The summed E-state index contributed by atoms with van der Waals surface area (Å²) < 4.78 is 0. The maximum absolute atomic E-state index is 13.0. The number of thioether (sulfide) groups is 1. The van der Waals surface area contributed by atoms with Crippen LogP contribution in [0.3, 0.4) is 0 Å². The molecule has 12 heteroatoms. The fourth-order valence-electron chi connectivity index (χ4n) is 3.33. The van der Waals surface area contributed by atoms with Crippen LogP contribution >= 0.6 is 11.8 Å². The van der Waals surface area contributed by atoms with Crippen LogP contribution in [0.1, 0.15) is 38.7 Å². The van der Waals surface area contributed by atoms with Gasteiger partial charge in [0.25, 0.3) is 0 Å². The normalized spacial score (nSPS) is 15.0. The summed E-state index contributed by atoms with van der Waals surface area (Å²) in [6.07, 6.45) is 1.93. The standard InChI is InChI=1S/C24H36N4O7S/c1-4-14(2)20(23(33)26-17(24(34)35)10-11-36-3)28-22(32)18(13-19(29)30)27-21(31)16(25)12-15-8-6-5-7-9-15/h5-9,14,16-18,20H,4,10-13,25H2,1-3H3,(H,26,33)(H,27,31)(H,28,32)(H,29,30)(H,34,35). The Morgan fingerprint density at radius 2 is 1.56 bits per heavy atom. The Bertz CT molecular complexity index is 900. The van der Waals surface area contributed by atoms with Crippen LogP contribution in [0.25, 0.3) is 0 Å². The second-order valence-electron chi connectivity index (χ2n) is 8.51. The van der Waals surface area contributed by atoms with Gasteiger partial charge in [-0.25, -0.2) is 4.79 Å². The molecule has 200 valence electrons. The molecule has 0 saturated carbocycles. The number of nitrogens with one attached hydrogen (secondary N) is 3. The first kappa shape index (κ1) is 30.9. The van der Waals surface area contributed by atoms with Crippen LogP contribution < -0.4 is 21.7 Å². The molecule has 0 aliphatic heterocycles. The summed E-state index contributed by atoms with van der Waals surface area (Å²) in [5.41, 5.74) is 6.75. The molecule has 0 radical (unpaired) electrons. The highest BCUT2D eigenvalue weighted by Crippen LogP contribution is 2.11. The summed E-state index contributed by atoms with van der Waals surface area (Å²) in [6.45, 7) is 3.49. The number of amides is 3. The number of hydrogen-bond acceptors (Lipinski definition) is 7. The zero-order chi connectivity index (χ0) is 27.3. The Morgan fingerprint density at radius 1 is 0.944 bits per heavy atom. The van der Waals surface area contributed by atoms with Crippen molar-refractivity contribution in [3.05, 3.63) is 35.9 Å². The number of nitrogens with two attached hydrogens (primary N) is 1. The topological polar surface area (TPSA) is 188 Å². The number of carbonyl (C=O) groups is 5. The second-order valence-corrected chi connectivity index (χ2v) is 9.49. The zero-order valence-corrected chi connectivity index (χ0v) is 21.5. The van der Waals surface area contributed by atoms with Crippen LogP contribution in [0, 0.1) is 5.92 Å². The highest BCUT2D eigenvalue weighted by Gasteiger charge is 2.33. The van der Waals surface area contributed by atoms with Crippen LogP contribution in [0.5, 0.6) is 0 Å². The van der Waals surface area contributed by atoms with Crippen molar-refractivity contribution in [2.45, 2.75) is 63.7 Å². The van der Waals surface area contributed by atoms with E-state index in [4.69, 9.17) is 5.73 Å². The first-order valence-electron chi connectivity index (χ1n) is 11.6. The molecule has 0 aliphatic carbocycles. The Balaban J connectivity index is 2.97. The van der Waals surface area contributed by atoms with E-state index in [9.17, 15) is 34.2 Å². The van der Waals surface area contributed by atoms with E-state index in [2.05, 4.69) is 16.0 Å². The van der Waals surface area contributed by atoms with Gasteiger partial charge in [-0.2, -0.15) is 11.8 Å². The minimum Gasteiger partial charge on any atom is -0.481 e. The monoisotopic (exact) mass is 524 g/mol. The van der Waals surface area contributed by atoms with Crippen molar-refractivity contribution in [3.63, 3.8) is 0 Å². The fraction of sp³-hybridized carbons (Fsp3) is 0.542. The van der Waals surface area contributed by atoms with Crippen LogP contribution in [-0.4, -0.2) is 76.0 Å². The lowest BCUT2D eigenvalue weighted by Gasteiger charge is -2.27. The van der Waals surface area contributed by atoms with Crippen molar-refractivity contribution >= 4 is 41.4 Å². The van der Waals surface area contributed by atoms with Crippen molar-refractivity contribution in [1.29, 1.82) is 0 Å². The van der Waals surface area contributed by atoms with Gasteiger partial charge < -0.3 is 31.9 Å². The third-order valence-corrected chi connectivity index (χ3v) is 6.31. The van der Waals surface area contributed by atoms with Gasteiger partial charge in [0.15, 0.2) is 0 Å². The Hall–Kier alpha value is -3.12. The molecule has 1 aromatic rings. The Labute approximate surface area is 215 Å². The van der Waals surface area contributed by atoms with Gasteiger partial charge >= 0.3 is 11.9 Å². The molecule has 1 aromatic carbocycles. The van der Waals surface area contributed by atoms with Crippen molar-refractivity contribution in [2.24, 2.45) is 11.7 Å². The number of rotatable bonds is 16. The highest BCUT2D eigenvalue weighted by molar-refractivity contribution is 7.98. The third-order valence-electron chi connectivity index (χ3n) is 5.67. The van der Waals surface area contributed by atoms with Crippen LogP contribution in [0.15, 0.2) is 30.3 Å². The molecule has 5 atom stereocenters. The number of carboxylic acids is 2. The van der Waals surface area contributed by atoms with Crippen molar-refractivity contribution in [1.82, 2.24) is 16.0 Å². The number of carboxylic acid groups (broad SMARTS) is 2. The molecule has 3 amide bonds. The molecule has 5 unspecified atom stereocenters. The molecular weight excluding hydrogens is 488 g/mol. The van der Waals surface area contributed by atoms with E-state index in [0.29, 0.717) is 12.2 Å². The van der Waals surface area contributed by atoms with Gasteiger partial charge in [-0.3, -0.25) is 19.2 Å². The predicted molar refractivity (Wildman–Crippen MR) is 136 cm³/mol. The lowest BCUT2D eigenvalue weighted by molar-refractivity contribution is -0.143. The van der Waals surface area contributed by atoms with E-state index in [1.165, 1.54) is 11.8 Å². The summed E-state index contributed by atoms with van der Waals surface area (Å²) in [5.74, 6) is -4.72. The molecular formula is C24H36N4O7S. The molecule has 0 fully saturated rings. The average molecular weight is 525 g/mol. The van der Waals surface area contributed by atoms with Crippen molar-refractivity contribution < 1.29 is 34.2 Å². The summed E-state index contributed by atoms with van der Waals surface area (Å²) in [7, 11) is 0. The largest absolute Gasteiger partial charge is 0.481 e. The molecule has 7 N–H and O–H groups in total. The third kappa shape index (κ3) is 10.6. The van der Waals surface area contributed by atoms with Gasteiger partial charge in [-0.05, 0) is 36.3 Å². The predicted octanol–water partition coefficient (Wildman–Crippen LogP) is 0.369. The first-order valence-corrected chi connectivity index (χ1v) is 13.0. The second kappa shape index (κ2) is 15.8. The van der Waals surface area contributed by atoms with Crippen LogP contribution in [0.4, 0.5) is 0 Å². The fourth-order valence-corrected chi connectivity index (χ4v) is 3.81. The molecule has 0 aromatic heterocycles. The van der Waals surface area contributed by atoms with Gasteiger partial charge in [0, 0.05) is 0 Å². The van der Waals surface area contributed by atoms with E-state index >= 15 is 0 Å². The van der Waals surface area contributed by atoms with Gasteiger partial charge in [-0.15, -0.1) is 0 Å². The summed E-state index contributed by atoms with van der Waals surface area (Å²) in [4.78, 5) is 61.4. The summed E-state index contributed by atoms with van der Waals surface area (Å²) in [6, 6.07) is 4.17. The molecule has 11 nitrogen and oxygen atoms in total. The zero-order valence-electron chi connectivity index (χ0n) is 20.7. The average Bonchev–Trinajstić information content (AvgIpc) is 2.83. The van der Waals surface area contributed by atoms with Gasteiger partial charge in [0.05, 0.1) is 12.5 Å². The summed E-state index contributed by atoms with van der Waals surface area (Å²) in [5, 5.41) is 26.0. The maximum Gasteiger partial charge on any atom is 0.326 e. The minimum atomic E-state index is -1.48. The van der Waals surface area contributed by atoms with Gasteiger partial charge in [0.1, 0.15) is 18.1 Å². The van der Waals surface area contributed by atoms with E-state index in [1.54, 1.807) is 38.1 Å². The van der Waals surface area contributed by atoms with Crippen LogP contribution in [-0.2, 0) is 30.4 Å². The Kier molecular flexibility index (Phi) is 13.6. The number of benzene rings is 1. The molecule has 0 heterocycles. The lowest BCUT2D eigenvalue weighted by Crippen LogP contribution is -2.59. The summed E-state index contributed by atoms with van der Waals surface area (Å²) >= 11 is 1.43. The van der Waals surface area contributed by atoms with Crippen molar-refractivity contribution in [3.8, 4) is 0 Å². The molecule has 0 aliphatic rings. The van der Waals surface area contributed by atoms with E-state index in [0.717, 1.165) is 5.56 Å². The van der Waals surface area contributed by atoms with Crippen molar-refractivity contribution in [2.75, 3.05) is 12.0 Å². The maximum atomic E-state index is 13.0. The molecule has 0 bridgehead atoms. The van der Waals surface area contributed by atoms with E-state index < -0.39 is 66.2 Å². The SMILES string of the molecule is CCC(C)C(NC(=O)C(CC(=O)O)NC(=O)C(N)Cc1ccccc1)C(=O)NC(CCSC)C(=O)O. The van der Waals surface area contributed by atoms with E-state index in [-0.39, 0.29) is 12.8 Å². The molecule has 0 spiro atoms. The smallest absolute Gasteiger partial charge is 0.326 e. The number of aliphatic carboxylic acids is 2. The highest BCUT2D eigenvalue weighted by atomic mass is 32.2. The number of hydrogen-bond donors (Lipinski definition) is 6. The quantitative estimate of drug-likeness (QED) is 0.177. The Morgan fingerprint density at radius 3 is 2.08 bits per heavy atom. The first-order chi connectivity index (χ1) is 17.0. The molecule has 0 saturated heterocycles. The lowest BCUT2D eigenvalue weighted by atomic mass is 9.97. The van der Waals surface area contributed by atoms with Gasteiger partial charge in [-0.1, -0.05) is 50.6 Å². The molecule has 1 rings (SSSR count). The number of carbonyl (C=O) groups excluding carboxylic acids is 3. The molecule has 36 heavy (non-hydrogen) atoms.